The molecule has 0 radical (unpaired) electrons. The molecule has 1 rings (SSSR count). The highest BCUT2D eigenvalue weighted by atomic mass is 35.5. The summed E-state index contributed by atoms with van der Waals surface area (Å²) in [5.41, 5.74) is -0.909. The Labute approximate surface area is 173 Å². The summed E-state index contributed by atoms with van der Waals surface area (Å²) in [6.45, 7) is 7.79. The Bertz CT molecular complexity index is 622. The SMILES string of the molecule is C=CCC(Cl)O[C@@H]1O[C@H](COC(C)=O)[C@H](OC(C)=O)[C@H](OC(C)=O)[C@H]1OC(C)=O. The van der Waals surface area contributed by atoms with Crippen molar-refractivity contribution in [2.24, 2.45) is 0 Å². The van der Waals surface area contributed by atoms with E-state index in [-0.39, 0.29) is 13.0 Å². The van der Waals surface area contributed by atoms with Crippen molar-refractivity contribution >= 4 is 35.5 Å². The minimum absolute atomic E-state index is 0.231. The first-order chi connectivity index (χ1) is 13.5. The van der Waals surface area contributed by atoms with Crippen LogP contribution in [0.2, 0.25) is 0 Å². The minimum Gasteiger partial charge on any atom is -0.463 e. The number of halogens is 1. The highest BCUT2D eigenvalue weighted by Gasteiger charge is 2.53. The number of esters is 4. The van der Waals surface area contributed by atoms with Gasteiger partial charge in [0.25, 0.3) is 0 Å². The van der Waals surface area contributed by atoms with E-state index in [0.717, 1.165) is 20.8 Å². The number of carbonyl (C=O) groups excluding carboxylic acids is 4. The molecule has 0 aromatic rings. The Morgan fingerprint density at radius 3 is 1.93 bits per heavy atom. The first-order valence-corrected chi connectivity index (χ1v) is 9.19. The van der Waals surface area contributed by atoms with E-state index in [2.05, 4.69) is 6.58 Å². The highest BCUT2D eigenvalue weighted by molar-refractivity contribution is 6.19. The fraction of sp³-hybridized carbons (Fsp3) is 0.667. The van der Waals surface area contributed by atoms with E-state index in [9.17, 15) is 19.2 Å². The fourth-order valence-electron chi connectivity index (χ4n) is 2.63. The van der Waals surface area contributed by atoms with Crippen molar-refractivity contribution in [3.63, 3.8) is 0 Å². The van der Waals surface area contributed by atoms with Crippen molar-refractivity contribution in [3.05, 3.63) is 12.7 Å². The van der Waals surface area contributed by atoms with Gasteiger partial charge in [-0.1, -0.05) is 17.7 Å². The molecule has 0 spiro atoms. The van der Waals surface area contributed by atoms with E-state index in [1.54, 1.807) is 0 Å². The van der Waals surface area contributed by atoms with Gasteiger partial charge in [-0.25, -0.2) is 0 Å². The number of hydrogen-bond acceptors (Lipinski definition) is 10. The summed E-state index contributed by atoms with van der Waals surface area (Å²) in [7, 11) is 0. The quantitative estimate of drug-likeness (QED) is 0.225. The molecule has 1 aliphatic rings. The van der Waals surface area contributed by atoms with Gasteiger partial charge in [0.05, 0.1) is 0 Å². The van der Waals surface area contributed by atoms with E-state index in [1.165, 1.54) is 13.0 Å². The van der Waals surface area contributed by atoms with E-state index in [1.807, 2.05) is 0 Å². The molecule has 0 amide bonds. The summed E-state index contributed by atoms with van der Waals surface area (Å²) in [6.07, 6.45) is -4.51. The van der Waals surface area contributed by atoms with E-state index < -0.39 is 60.1 Å². The van der Waals surface area contributed by atoms with Gasteiger partial charge in [0, 0.05) is 34.1 Å². The maximum Gasteiger partial charge on any atom is 0.303 e. The van der Waals surface area contributed by atoms with Gasteiger partial charge in [-0.2, -0.15) is 0 Å². The van der Waals surface area contributed by atoms with Gasteiger partial charge < -0.3 is 28.4 Å². The molecule has 1 fully saturated rings. The van der Waals surface area contributed by atoms with Crippen LogP contribution in [-0.4, -0.2) is 66.8 Å². The van der Waals surface area contributed by atoms with Crippen LogP contribution in [0.4, 0.5) is 0 Å². The van der Waals surface area contributed by atoms with Crippen molar-refractivity contribution in [1.82, 2.24) is 0 Å². The predicted octanol–water partition coefficient (Wildman–Crippen LogP) is 1.23. The maximum atomic E-state index is 11.7. The van der Waals surface area contributed by atoms with Crippen molar-refractivity contribution < 1.29 is 47.6 Å². The van der Waals surface area contributed by atoms with Gasteiger partial charge in [-0.05, 0) is 0 Å². The molecule has 0 bridgehead atoms. The summed E-state index contributed by atoms with van der Waals surface area (Å²) < 4.78 is 32.0. The normalized spacial score (nSPS) is 27.3. The predicted molar refractivity (Wildman–Crippen MR) is 97.5 cm³/mol. The number of alkyl halides is 1. The zero-order valence-electron chi connectivity index (χ0n) is 16.6. The Morgan fingerprint density at radius 2 is 1.45 bits per heavy atom. The van der Waals surface area contributed by atoms with Gasteiger partial charge >= 0.3 is 23.9 Å². The summed E-state index contributed by atoms with van der Waals surface area (Å²) >= 11 is 6.07. The largest absolute Gasteiger partial charge is 0.463 e. The summed E-state index contributed by atoms with van der Waals surface area (Å²) in [6, 6.07) is 0. The molecule has 1 unspecified atom stereocenters. The van der Waals surface area contributed by atoms with E-state index in [0.29, 0.717) is 0 Å². The van der Waals surface area contributed by atoms with Crippen LogP contribution in [0.15, 0.2) is 12.7 Å². The second kappa shape index (κ2) is 11.7. The third kappa shape index (κ3) is 8.38. The van der Waals surface area contributed by atoms with E-state index in [4.69, 9.17) is 40.0 Å². The Hall–Kier alpha value is -2.17. The van der Waals surface area contributed by atoms with Crippen molar-refractivity contribution in [1.29, 1.82) is 0 Å². The molecule has 6 atom stereocenters. The molecule has 0 aromatic carbocycles. The van der Waals surface area contributed by atoms with Crippen LogP contribution in [0, 0.1) is 0 Å². The van der Waals surface area contributed by atoms with Crippen LogP contribution in [-0.2, 0) is 47.6 Å². The molecule has 1 aliphatic heterocycles. The Kier molecular flexibility index (Phi) is 10.1. The van der Waals surface area contributed by atoms with Gasteiger partial charge in [0.2, 0.25) is 6.29 Å². The molecule has 11 heteroatoms. The molecule has 0 aromatic heterocycles. The zero-order valence-corrected chi connectivity index (χ0v) is 17.4. The lowest BCUT2D eigenvalue weighted by Gasteiger charge is -2.44. The first kappa shape index (κ1) is 24.9. The third-order valence-corrected chi connectivity index (χ3v) is 3.86. The fourth-order valence-corrected chi connectivity index (χ4v) is 2.86. The van der Waals surface area contributed by atoms with Crippen LogP contribution in [0.1, 0.15) is 34.1 Å². The topological polar surface area (TPSA) is 124 Å². The average molecular weight is 437 g/mol. The molecule has 1 heterocycles. The van der Waals surface area contributed by atoms with E-state index >= 15 is 0 Å². The molecule has 0 aliphatic carbocycles. The average Bonchev–Trinajstić information content (AvgIpc) is 2.57. The zero-order chi connectivity index (χ0) is 22.1. The smallest absolute Gasteiger partial charge is 0.303 e. The van der Waals surface area contributed by atoms with Crippen LogP contribution >= 0.6 is 11.6 Å². The third-order valence-electron chi connectivity index (χ3n) is 3.58. The van der Waals surface area contributed by atoms with Crippen LogP contribution in [0.25, 0.3) is 0 Å². The Morgan fingerprint density at radius 1 is 0.931 bits per heavy atom. The molecular weight excluding hydrogens is 412 g/mol. The lowest BCUT2D eigenvalue weighted by molar-refractivity contribution is -0.311. The molecule has 10 nitrogen and oxygen atoms in total. The van der Waals surface area contributed by atoms with Gasteiger partial charge in [0.15, 0.2) is 18.3 Å². The van der Waals surface area contributed by atoms with Gasteiger partial charge in [-0.15, -0.1) is 6.58 Å². The van der Waals surface area contributed by atoms with Crippen molar-refractivity contribution in [3.8, 4) is 0 Å². The van der Waals surface area contributed by atoms with Crippen LogP contribution in [0.5, 0.6) is 0 Å². The second-order valence-corrected chi connectivity index (χ2v) is 6.62. The summed E-state index contributed by atoms with van der Waals surface area (Å²) in [4.78, 5) is 46.1. The molecule has 1 saturated heterocycles. The molecule has 0 saturated carbocycles. The highest BCUT2D eigenvalue weighted by Crippen LogP contribution is 2.31. The minimum atomic E-state index is -1.31. The molecule has 0 N–H and O–H groups in total. The van der Waals surface area contributed by atoms with Crippen molar-refractivity contribution in [2.75, 3.05) is 6.61 Å². The molecular formula is C18H25ClO10. The molecule has 29 heavy (non-hydrogen) atoms. The second-order valence-electron chi connectivity index (χ2n) is 6.14. The monoisotopic (exact) mass is 436 g/mol. The number of rotatable bonds is 9. The molecule has 164 valence electrons. The lowest BCUT2D eigenvalue weighted by atomic mass is 9.98. The standard InChI is InChI=1S/C18H25ClO10/c1-6-7-14(19)29-18-17(27-12(5)23)16(26-11(4)22)15(25-10(3)21)13(28-18)8-24-9(2)20/h6,13-18H,1,7-8H2,2-5H3/t13-,14?,15+,16+,17-,18+/m1/s1. The number of carbonyl (C=O) groups is 4. The number of ether oxygens (including phenoxy) is 6. The number of hydrogen-bond donors (Lipinski definition) is 0. The summed E-state index contributed by atoms with van der Waals surface area (Å²) in [5.74, 6) is -2.78. The summed E-state index contributed by atoms with van der Waals surface area (Å²) in [5, 5.41) is 0. The lowest BCUT2D eigenvalue weighted by Crippen LogP contribution is -2.63. The van der Waals surface area contributed by atoms with Gasteiger partial charge in [0.1, 0.15) is 18.3 Å². The maximum absolute atomic E-state index is 11.7. The Balaban J connectivity index is 3.29. The van der Waals surface area contributed by atoms with Gasteiger partial charge in [-0.3, -0.25) is 19.2 Å². The van der Waals surface area contributed by atoms with Crippen molar-refractivity contribution in [2.45, 2.75) is 70.4 Å². The van der Waals surface area contributed by atoms with Crippen LogP contribution < -0.4 is 0 Å². The van der Waals surface area contributed by atoms with Crippen LogP contribution in [0.3, 0.4) is 0 Å². The first-order valence-electron chi connectivity index (χ1n) is 8.76.